The van der Waals surface area contributed by atoms with Crippen molar-refractivity contribution in [2.45, 2.75) is 72.0 Å². The molecule has 14 heteroatoms. The molecule has 1 amide bonds. The van der Waals surface area contributed by atoms with Crippen molar-refractivity contribution < 1.29 is 46.3 Å². The van der Waals surface area contributed by atoms with E-state index in [1.54, 1.807) is 6.08 Å². The molecule has 1 N–H and O–H groups in total. The highest BCUT2D eigenvalue weighted by Gasteiger charge is 2.54. The molecule has 0 spiro atoms. The van der Waals surface area contributed by atoms with Crippen molar-refractivity contribution in [1.29, 1.82) is 0 Å². The van der Waals surface area contributed by atoms with E-state index in [4.69, 9.17) is 31.9 Å². The Hall–Kier alpha value is -1.85. The summed E-state index contributed by atoms with van der Waals surface area (Å²) < 4.78 is 38.8. The van der Waals surface area contributed by atoms with Crippen LogP contribution in [0, 0.1) is 11.8 Å². The highest BCUT2D eigenvalue weighted by molar-refractivity contribution is 7.41. The standard InChI is InChI=1S/C32H52N2O10P2/c1-6-27-29(31(36)33-20-14-15-22-43-45(39-7-2)40-8-3)30(28(25-35)34(27)24-26-18-12-11-13-19-26)32(37)38-21-16-17-23-44-46(41-9-4)42-10-5/h6,11-13,18-19,25,27-30H,1,7-10,14-17,20-24H2,2-5H3,(H,33,36). The van der Waals surface area contributed by atoms with Gasteiger partial charge in [-0.05, 0) is 58.9 Å². The van der Waals surface area contributed by atoms with Gasteiger partial charge in [0.1, 0.15) is 6.29 Å². The van der Waals surface area contributed by atoms with Crippen LogP contribution in [-0.4, -0.2) is 87.9 Å². The third kappa shape index (κ3) is 13.7. The zero-order valence-electron chi connectivity index (χ0n) is 27.7. The molecule has 1 heterocycles. The molecule has 0 saturated carbocycles. The number of likely N-dealkylation sites (tertiary alicyclic amines) is 1. The molecule has 260 valence electrons. The fraction of sp³-hybridized carbons (Fsp3) is 0.656. The van der Waals surface area contributed by atoms with Crippen LogP contribution in [0.25, 0.3) is 0 Å². The van der Waals surface area contributed by atoms with E-state index in [1.165, 1.54) is 0 Å². The smallest absolute Gasteiger partial charge is 0.332 e. The van der Waals surface area contributed by atoms with Gasteiger partial charge in [-0.3, -0.25) is 14.5 Å². The Morgan fingerprint density at radius 2 is 1.33 bits per heavy atom. The molecule has 1 aromatic carbocycles. The second kappa shape index (κ2) is 24.3. The first-order valence-electron chi connectivity index (χ1n) is 16.1. The second-order valence-corrected chi connectivity index (χ2v) is 12.7. The van der Waals surface area contributed by atoms with Gasteiger partial charge in [0.05, 0.1) is 64.1 Å². The number of unbranched alkanes of at least 4 members (excludes halogenated alkanes) is 2. The van der Waals surface area contributed by atoms with Crippen molar-refractivity contribution in [2.75, 3.05) is 52.8 Å². The third-order valence-corrected chi connectivity index (χ3v) is 9.70. The largest absolute Gasteiger partial charge is 0.465 e. The number of amides is 1. The van der Waals surface area contributed by atoms with E-state index >= 15 is 0 Å². The van der Waals surface area contributed by atoms with Crippen LogP contribution in [0.15, 0.2) is 43.0 Å². The Morgan fingerprint density at radius 1 is 0.783 bits per heavy atom. The van der Waals surface area contributed by atoms with Crippen LogP contribution in [0.2, 0.25) is 0 Å². The summed E-state index contributed by atoms with van der Waals surface area (Å²) in [5, 5.41) is 2.97. The SMILES string of the molecule is C=CC1C(C(=O)NCCCCOP(OCC)OCC)C(C(=O)OCCCCOP(OCC)OCC)C(C=O)N1Cc1ccccc1. The van der Waals surface area contributed by atoms with E-state index in [2.05, 4.69) is 11.9 Å². The van der Waals surface area contributed by atoms with Crippen molar-refractivity contribution in [1.82, 2.24) is 10.2 Å². The summed E-state index contributed by atoms with van der Waals surface area (Å²) in [6, 6.07) is 8.20. The number of hydrogen-bond donors (Lipinski definition) is 1. The van der Waals surface area contributed by atoms with Crippen molar-refractivity contribution in [3.05, 3.63) is 48.6 Å². The highest BCUT2D eigenvalue weighted by atomic mass is 31.2. The number of aldehydes is 1. The fourth-order valence-electron chi connectivity index (χ4n) is 5.04. The van der Waals surface area contributed by atoms with Crippen LogP contribution >= 0.6 is 17.2 Å². The van der Waals surface area contributed by atoms with Gasteiger partial charge in [-0.25, -0.2) is 0 Å². The molecule has 1 fully saturated rings. The normalized spacial score (nSPS) is 19.9. The Labute approximate surface area is 276 Å². The summed E-state index contributed by atoms with van der Waals surface area (Å²) in [7, 11) is -2.77. The number of carbonyl (C=O) groups excluding carboxylic acids is 3. The van der Waals surface area contributed by atoms with Crippen molar-refractivity contribution in [2.24, 2.45) is 11.8 Å². The first kappa shape index (κ1) is 40.3. The highest BCUT2D eigenvalue weighted by Crippen LogP contribution is 2.40. The molecule has 4 unspecified atom stereocenters. The number of carbonyl (C=O) groups is 3. The maximum absolute atomic E-state index is 13.7. The van der Waals surface area contributed by atoms with Crippen molar-refractivity contribution >= 4 is 35.4 Å². The third-order valence-electron chi connectivity index (χ3n) is 7.04. The van der Waals surface area contributed by atoms with Gasteiger partial charge in [0.2, 0.25) is 5.91 Å². The first-order chi connectivity index (χ1) is 22.4. The maximum Gasteiger partial charge on any atom is 0.332 e. The average molecular weight is 687 g/mol. The number of rotatable bonds is 26. The van der Waals surface area contributed by atoms with Crippen molar-refractivity contribution in [3.8, 4) is 0 Å². The predicted molar refractivity (Wildman–Crippen MR) is 177 cm³/mol. The summed E-state index contributed by atoms with van der Waals surface area (Å²) in [6.07, 6.45) is 4.86. The topological polar surface area (TPSA) is 131 Å². The van der Waals surface area contributed by atoms with Crippen LogP contribution in [0.4, 0.5) is 0 Å². The Balaban J connectivity index is 2.03. The molecule has 1 aliphatic heterocycles. The zero-order valence-corrected chi connectivity index (χ0v) is 29.5. The van der Waals surface area contributed by atoms with Gasteiger partial charge in [-0.15, -0.1) is 6.58 Å². The van der Waals surface area contributed by atoms with E-state index in [0.29, 0.717) is 78.4 Å². The molecule has 2 rings (SSSR count). The quantitative estimate of drug-likeness (QED) is 0.0423. The monoisotopic (exact) mass is 686 g/mol. The Kier molecular flexibility index (Phi) is 21.3. The number of nitrogens with zero attached hydrogens (tertiary/aromatic N) is 1. The molecular weight excluding hydrogens is 634 g/mol. The van der Waals surface area contributed by atoms with Gasteiger partial charge >= 0.3 is 23.2 Å². The summed E-state index contributed by atoms with van der Waals surface area (Å²) in [4.78, 5) is 41.6. The minimum absolute atomic E-state index is 0.128. The number of hydrogen-bond acceptors (Lipinski definition) is 11. The lowest BCUT2D eigenvalue weighted by Gasteiger charge is -2.27. The summed E-state index contributed by atoms with van der Waals surface area (Å²) in [5.41, 5.74) is 0.951. The first-order valence-corrected chi connectivity index (χ1v) is 18.3. The van der Waals surface area contributed by atoms with E-state index in [0.717, 1.165) is 11.8 Å². The number of esters is 1. The molecule has 1 aliphatic rings. The van der Waals surface area contributed by atoms with Crippen LogP contribution in [0.3, 0.4) is 0 Å². The lowest BCUT2D eigenvalue weighted by Crippen LogP contribution is -2.42. The average Bonchev–Trinajstić information content (AvgIpc) is 3.37. The minimum Gasteiger partial charge on any atom is -0.465 e. The Bertz CT molecular complexity index is 938. The lowest BCUT2D eigenvalue weighted by molar-refractivity contribution is -0.153. The van der Waals surface area contributed by atoms with E-state index in [1.807, 2.05) is 62.9 Å². The molecule has 0 radical (unpaired) electrons. The summed E-state index contributed by atoms with van der Waals surface area (Å²) >= 11 is 0. The zero-order chi connectivity index (χ0) is 33.6. The van der Waals surface area contributed by atoms with Gasteiger partial charge < -0.3 is 42.0 Å². The van der Waals surface area contributed by atoms with Crippen molar-refractivity contribution in [3.63, 3.8) is 0 Å². The van der Waals surface area contributed by atoms with Crippen LogP contribution in [0.1, 0.15) is 58.9 Å². The molecule has 1 aromatic rings. The van der Waals surface area contributed by atoms with Gasteiger partial charge in [0, 0.05) is 19.1 Å². The number of benzene rings is 1. The molecule has 1 saturated heterocycles. The van der Waals surface area contributed by atoms with E-state index in [9.17, 15) is 14.4 Å². The lowest BCUT2D eigenvalue weighted by atomic mass is 9.86. The van der Waals surface area contributed by atoms with E-state index < -0.39 is 47.1 Å². The van der Waals surface area contributed by atoms with Crippen LogP contribution in [0.5, 0.6) is 0 Å². The fourth-order valence-corrected chi connectivity index (χ4v) is 6.89. The molecule has 46 heavy (non-hydrogen) atoms. The van der Waals surface area contributed by atoms with Gasteiger partial charge in [-0.2, -0.15) is 0 Å². The van der Waals surface area contributed by atoms with E-state index in [-0.39, 0.29) is 12.5 Å². The minimum atomic E-state index is -1.40. The van der Waals surface area contributed by atoms with Gasteiger partial charge in [0.25, 0.3) is 0 Å². The number of ether oxygens (including phenoxy) is 1. The molecule has 12 nitrogen and oxygen atoms in total. The van der Waals surface area contributed by atoms with Crippen LogP contribution in [-0.2, 0) is 52.8 Å². The molecular formula is C32H52N2O10P2. The summed E-state index contributed by atoms with van der Waals surface area (Å²) in [5.74, 6) is -2.75. The molecule has 0 aromatic heterocycles. The molecule has 0 bridgehead atoms. The van der Waals surface area contributed by atoms with Gasteiger partial charge in [0.15, 0.2) is 0 Å². The van der Waals surface area contributed by atoms with Crippen LogP contribution < -0.4 is 5.32 Å². The maximum atomic E-state index is 13.7. The molecule has 4 atom stereocenters. The second-order valence-electron chi connectivity index (χ2n) is 10.2. The Morgan fingerprint density at radius 3 is 1.85 bits per heavy atom. The van der Waals surface area contributed by atoms with Gasteiger partial charge in [-0.1, -0.05) is 36.4 Å². The number of nitrogens with one attached hydrogen (secondary N) is 1. The summed E-state index contributed by atoms with van der Waals surface area (Å²) in [6.45, 7) is 15.1. The predicted octanol–water partition coefficient (Wildman–Crippen LogP) is 5.71. The molecule has 0 aliphatic carbocycles.